The Morgan fingerprint density at radius 1 is 0.967 bits per heavy atom. The highest BCUT2D eigenvalue weighted by molar-refractivity contribution is 6.33. The van der Waals surface area contributed by atoms with E-state index in [1.165, 1.54) is 6.33 Å². The maximum Gasteiger partial charge on any atom is 0.353 e. The molecule has 0 unspecified atom stereocenters. The Morgan fingerprint density at radius 3 is 2.40 bits per heavy atom. The van der Waals surface area contributed by atoms with Crippen molar-refractivity contribution in [3.63, 3.8) is 0 Å². The molecular formula is C20H18Cl2N6O2. The number of rotatable bonds is 5. The van der Waals surface area contributed by atoms with Gasteiger partial charge in [0, 0.05) is 36.9 Å². The van der Waals surface area contributed by atoms with E-state index < -0.39 is 4.92 Å². The number of nitro groups is 1. The van der Waals surface area contributed by atoms with Crippen molar-refractivity contribution >= 4 is 51.9 Å². The molecule has 1 N–H and O–H groups in total. The van der Waals surface area contributed by atoms with Crippen LogP contribution in [0.2, 0.25) is 10.0 Å². The summed E-state index contributed by atoms with van der Waals surface area (Å²) in [6, 6.07) is 14.7. The highest BCUT2D eigenvalue weighted by atomic mass is 35.5. The van der Waals surface area contributed by atoms with Crippen LogP contribution in [-0.4, -0.2) is 41.1 Å². The number of aromatic nitrogens is 2. The first-order valence-corrected chi connectivity index (χ1v) is 10.0. The lowest BCUT2D eigenvalue weighted by atomic mass is 10.2. The summed E-state index contributed by atoms with van der Waals surface area (Å²) in [6.07, 6.45) is 1.32. The topological polar surface area (TPSA) is 87.4 Å². The molecule has 2 aromatic carbocycles. The van der Waals surface area contributed by atoms with Crippen LogP contribution >= 0.6 is 23.2 Å². The van der Waals surface area contributed by atoms with Gasteiger partial charge in [-0.2, -0.15) is 0 Å². The zero-order chi connectivity index (χ0) is 21.1. The summed E-state index contributed by atoms with van der Waals surface area (Å²) in [4.78, 5) is 23.8. The average molecular weight is 445 g/mol. The van der Waals surface area contributed by atoms with E-state index in [0.717, 1.165) is 5.69 Å². The molecule has 0 atom stereocenters. The largest absolute Gasteiger partial charge is 0.368 e. The van der Waals surface area contributed by atoms with Crippen LogP contribution in [0.5, 0.6) is 0 Å². The minimum Gasteiger partial charge on any atom is -0.368 e. The molecule has 0 bridgehead atoms. The summed E-state index contributed by atoms with van der Waals surface area (Å²) in [5, 5.41) is 16.0. The Balaban J connectivity index is 1.57. The molecule has 154 valence electrons. The molecule has 4 rings (SSSR count). The van der Waals surface area contributed by atoms with Gasteiger partial charge in [-0.05, 0) is 30.3 Å². The number of hydrogen-bond donors (Lipinski definition) is 1. The van der Waals surface area contributed by atoms with Crippen molar-refractivity contribution in [3.8, 4) is 0 Å². The third kappa shape index (κ3) is 4.24. The van der Waals surface area contributed by atoms with E-state index in [2.05, 4.69) is 20.2 Å². The molecule has 2 heterocycles. The minimum absolute atomic E-state index is 0.107. The van der Waals surface area contributed by atoms with Gasteiger partial charge in [0.2, 0.25) is 11.6 Å². The van der Waals surface area contributed by atoms with Gasteiger partial charge in [-0.15, -0.1) is 0 Å². The summed E-state index contributed by atoms with van der Waals surface area (Å²) < 4.78 is 0. The summed E-state index contributed by atoms with van der Waals surface area (Å²) in [7, 11) is 0. The maximum atomic E-state index is 11.9. The summed E-state index contributed by atoms with van der Waals surface area (Å²) >= 11 is 12.3. The monoisotopic (exact) mass is 444 g/mol. The fourth-order valence-corrected chi connectivity index (χ4v) is 3.77. The molecule has 0 saturated carbocycles. The molecule has 1 aliphatic rings. The average Bonchev–Trinajstić information content (AvgIpc) is 2.75. The van der Waals surface area contributed by atoms with Crippen LogP contribution in [0.4, 0.5) is 28.7 Å². The SMILES string of the molecule is O=[N+]([O-])c1c(Nc2ccccc2Cl)ncnc1N1CCN(c2cccc(Cl)c2)CC1. The lowest BCUT2D eigenvalue weighted by molar-refractivity contribution is -0.383. The molecule has 3 aromatic rings. The molecule has 8 nitrogen and oxygen atoms in total. The predicted molar refractivity (Wildman–Crippen MR) is 119 cm³/mol. The number of nitrogens with one attached hydrogen (secondary N) is 1. The minimum atomic E-state index is -0.460. The molecule has 1 fully saturated rings. The first kappa shape index (κ1) is 20.2. The van der Waals surface area contributed by atoms with Crippen molar-refractivity contribution in [2.45, 2.75) is 0 Å². The molecule has 0 aliphatic carbocycles. The van der Waals surface area contributed by atoms with Gasteiger partial charge in [0.1, 0.15) is 6.33 Å². The molecule has 30 heavy (non-hydrogen) atoms. The second-order valence-electron chi connectivity index (χ2n) is 6.71. The van der Waals surface area contributed by atoms with Gasteiger partial charge in [0.15, 0.2) is 0 Å². The van der Waals surface area contributed by atoms with Gasteiger partial charge in [0.25, 0.3) is 0 Å². The van der Waals surface area contributed by atoms with Crippen molar-refractivity contribution in [2.75, 3.05) is 41.3 Å². The van der Waals surface area contributed by atoms with Crippen molar-refractivity contribution in [1.29, 1.82) is 0 Å². The van der Waals surface area contributed by atoms with Gasteiger partial charge in [-0.1, -0.05) is 41.4 Å². The van der Waals surface area contributed by atoms with E-state index in [9.17, 15) is 10.1 Å². The Morgan fingerprint density at radius 2 is 1.70 bits per heavy atom. The van der Waals surface area contributed by atoms with E-state index >= 15 is 0 Å². The van der Waals surface area contributed by atoms with Crippen molar-refractivity contribution < 1.29 is 4.92 Å². The van der Waals surface area contributed by atoms with Crippen LogP contribution in [-0.2, 0) is 0 Å². The van der Waals surface area contributed by atoms with Crippen LogP contribution in [0.1, 0.15) is 0 Å². The Bertz CT molecular complexity index is 1070. The van der Waals surface area contributed by atoms with Crippen LogP contribution in [0.25, 0.3) is 0 Å². The van der Waals surface area contributed by atoms with Gasteiger partial charge in [0.05, 0.1) is 15.6 Å². The van der Waals surface area contributed by atoms with Crippen LogP contribution in [0.15, 0.2) is 54.9 Å². The van der Waals surface area contributed by atoms with Crippen LogP contribution in [0, 0.1) is 10.1 Å². The van der Waals surface area contributed by atoms with Gasteiger partial charge in [-0.3, -0.25) is 10.1 Å². The smallest absolute Gasteiger partial charge is 0.353 e. The zero-order valence-corrected chi connectivity index (χ0v) is 17.3. The van der Waals surface area contributed by atoms with Gasteiger partial charge in [-0.25, -0.2) is 9.97 Å². The standard InChI is InChI=1S/C20H18Cl2N6O2/c21-14-4-3-5-15(12-14)26-8-10-27(11-9-26)20-18(28(29)30)19(23-13-24-20)25-17-7-2-1-6-16(17)22/h1-7,12-13H,8-11H2,(H,23,24,25). The molecule has 1 aromatic heterocycles. The molecule has 10 heteroatoms. The lowest BCUT2D eigenvalue weighted by Crippen LogP contribution is -2.47. The zero-order valence-electron chi connectivity index (χ0n) is 15.8. The number of anilines is 4. The number of nitrogens with zero attached hydrogens (tertiary/aromatic N) is 5. The third-order valence-corrected chi connectivity index (χ3v) is 5.43. The number of piperazine rings is 1. The van der Waals surface area contributed by atoms with Crippen LogP contribution in [0.3, 0.4) is 0 Å². The maximum absolute atomic E-state index is 11.9. The summed E-state index contributed by atoms with van der Waals surface area (Å²) in [5.74, 6) is 0.394. The van der Waals surface area contributed by atoms with E-state index in [0.29, 0.717) is 41.9 Å². The quantitative estimate of drug-likeness (QED) is 0.448. The fraction of sp³-hybridized carbons (Fsp3) is 0.200. The van der Waals surface area contributed by atoms with Crippen LogP contribution < -0.4 is 15.1 Å². The second kappa shape index (κ2) is 8.73. The lowest BCUT2D eigenvalue weighted by Gasteiger charge is -2.36. The summed E-state index contributed by atoms with van der Waals surface area (Å²) in [6.45, 7) is 2.54. The predicted octanol–water partition coefficient (Wildman–Crippen LogP) is 4.76. The molecule has 0 radical (unpaired) electrons. The van der Waals surface area contributed by atoms with E-state index in [1.54, 1.807) is 24.3 Å². The normalized spacial score (nSPS) is 13.9. The molecule has 0 spiro atoms. The number of para-hydroxylation sites is 1. The fourth-order valence-electron chi connectivity index (χ4n) is 3.40. The highest BCUT2D eigenvalue weighted by Gasteiger charge is 2.29. The number of halogens is 2. The Kier molecular flexibility index (Phi) is 5.87. The second-order valence-corrected chi connectivity index (χ2v) is 7.55. The number of hydrogen-bond acceptors (Lipinski definition) is 7. The molecule has 0 amide bonds. The Labute approximate surface area is 183 Å². The Hall–Kier alpha value is -3.10. The first-order valence-electron chi connectivity index (χ1n) is 9.29. The van der Waals surface area contributed by atoms with Crippen molar-refractivity contribution in [3.05, 3.63) is 75.0 Å². The summed E-state index contributed by atoms with van der Waals surface area (Å²) in [5.41, 5.74) is 1.40. The van der Waals surface area contributed by atoms with E-state index in [1.807, 2.05) is 29.2 Å². The molecule has 1 saturated heterocycles. The van der Waals surface area contributed by atoms with E-state index in [4.69, 9.17) is 23.2 Å². The number of benzene rings is 2. The van der Waals surface area contributed by atoms with Crippen molar-refractivity contribution in [2.24, 2.45) is 0 Å². The van der Waals surface area contributed by atoms with Gasteiger partial charge < -0.3 is 15.1 Å². The molecular weight excluding hydrogens is 427 g/mol. The van der Waals surface area contributed by atoms with Gasteiger partial charge >= 0.3 is 5.69 Å². The highest BCUT2D eigenvalue weighted by Crippen LogP contribution is 2.35. The van der Waals surface area contributed by atoms with Crippen molar-refractivity contribution in [1.82, 2.24) is 9.97 Å². The third-order valence-electron chi connectivity index (χ3n) is 4.87. The molecule has 1 aliphatic heterocycles. The first-order chi connectivity index (χ1) is 14.5. The van der Waals surface area contributed by atoms with E-state index in [-0.39, 0.29) is 17.3 Å².